The van der Waals surface area contributed by atoms with Crippen LogP contribution in [0.1, 0.15) is 30.2 Å². The third kappa shape index (κ3) is 3.14. The average molecular weight is 324 g/mol. The lowest BCUT2D eigenvalue weighted by Gasteiger charge is -2.07. The van der Waals surface area contributed by atoms with E-state index in [1.165, 1.54) is 0 Å². The predicted octanol–water partition coefficient (Wildman–Crippen LogP) is 3.67. The van der Waals surface area contributed by atoms with Gasteiger partial charge in [-0.25, -0.2) is 4.79 Å². The maximum Gasteiger partial charge on any atom is 0.336 e. The molecule has 0 radical (unpaired) electrons. The molecule has 0 amide bonds. The topological polar surface area (TPSA) is 67.2 Å². The van der Waals surface area contributed by atoms with Crippen molar-refractivity contribution in [2.24, 2.45) is 0 Å². The summed E-state index contributed by atoms with van der Waals surface area (Å²) < 4.78 is 2.39. The van der Waals surface area contributed by atoms with E-state index in [0.717, 1.165) is 11.5 Å². The number of nitrogens with zero attached hydrogens (tertiary/aromatic N) is 2. The van der Waals surface area contributed by atoms with Crippen molar-refractivity contribution in [1.29, 1.82) is 0 Å². The molecule has 2 rings (SSSR count). The van der Waals surface area contributed by atoms with Gasteiger partial charge in [-0.2, -0.15) is 5.10 Å². The van der Waals surface area contributed by atoms with Crippen molar-refractivity contribution in [3.8, 4) is 0 Å². The van der Waals surface area contributed by atoms with E-state index in [4.69, 9.17) is 5.11 Å². The first-order valence-corrected chi connectivity index (χ1v) is 6.61. The van der Waals surface area contributed by atoms with Gasteiger partial charge in [0.25, 0.3) is 0 Å². The molecular weight excluding hydrogens is 310 g/mol. The quantitative estimate of drug-likeness (QED) is 0.900. The molecule has 0 aliphatic heterocycles. The molecule has 0 saturated carbocycles. The lowest BCUT2D eigenvalue weighted by atomic mass is 10.2. The zero-order chi connectivity index (χ0) is 14.0. The molecule has 19 heavy (non-hydrogen) atoms. The Balaban J connectivity index is 2.19. The first kappa shape index (κ1) is 13.6. The second-order valence-electron chi connectivity index (χ2n) is 4.40. The molecule has 0 fully saturated rings. The molecule has 100 valence electrons. The molecule has 6 heteroatoms. The molecule has 0 atom stereocenters. The molecule has 0 aliphatic carbocycles. The Morgan fingerprint density at radius 1 is 1.42 bits per heavy atom. The van der Waals surface area contributed by atoms with Crippen LogP contribution in [-0.4, -0.2) is 20.9 Å². The Morgan fingerprint density at radius 3 is 2.68 bits per heavy atom. The number of aromatic nitrogens is 2. The van der Waals surface area contributed by atoms with Crippen LogP contribution >= 0.6 is 15.9 Å². The van der Waals surface area contributed by atoms with Crippen molar-refractivity contribution in [2.75, 3.05) is 5.32 Å². The average Bonchev–Trinajstić information content (AvgIpc) is 2.77. The van der Waals surface area contributed by atoms with Crippen LogP contribution in [0.4, 0.5) is 11.5 Å². The summed E-state index contributed by atoms with van der Waals surface area (Å²) in [6, 6.07) is 7.16. The SMILES string of the molecule is CC(C)n1ccc(Nc2ccc(C(=O)O)c(Br)c2)n1. The van der Waals surface area contributed by atoms with Crippen LogP contribution in [0.5, 0.6) is 0 Å². The van der Waals surface area contributed by atoms with Gasteiger partial charge >= 0.3 is 5.97 Å². The molecule has 0 spiro atoms. The Morgan fingerprint density at radius 2 is 2.16 bits per heavy atom. The van der Waals surface area contributed by atoms with Crippen LogP contribution in [0, 0.1) is 0 Å². The summed E-state index contributed by atoms with van der Waals surface area (Å²) in [5.74, 6) is -0.230. The Bertz CT molecular complexity index is 608. The highest BCUT2D eigenvalue weighted by Crippen LogP contribution is 2.24. The summed E-state index contributed by atoms with van der Waals surface area (Å²) in [6.45, 7) is 4.10. The van der Waals surface area contributed by atoms with Gasteiger partial charge in [-0.3, -0.25) is 4.68 Å². The normalized spacial score (nSPS) is 10.7. The van der Waals surface area contributed by atoms with Crippen LogP contribution < -0.4 is 5.32 Å². The molecule has 5 nitrogen and oxygen atoms in total. The fourth-order valence-corrected chi connectivity index (χ4v) is 2.15. The van der Waals surface area contributed by atoms with E-state index in [2.05, 4.69) is 40.2 Å². The van der Waals surface area contributed by atoms with Gasteiger partial charge < -0.3 is 10.4 Å². The van der Waals surface area contributed by atoms with E-state index in [9.17, 15) is 4.79 Å². The highest BCUT2D eigenvalue weighted by Gasteiger charge is 2.09. The van der Waals surface area contributed by atoms with E-state index >= 15 is 0 Å². The number of nitrogens with one attached hydrogen (secondary N) is 1. The summed E-state index contributed by atoms with van der Waals surface area (Å²) in [7, 11) is 0. The number of hydrogen-bond acceptors (Lipinski definition) is 3. The van der Waals surface area contributed by atoms with E-state index in [1.54, 1.807) is 18.2 Å². The van der Waals surface area contributed by atoms with Crippen molar-refractivity contribution < 1.29 is 9.90 Å². The second kappa shape index (κ2) is 5.44. The maximum atomic E-state index is 10.9. The fraction of sp³-hybridized carbons (Fsp3) is 0.231. The largest absolute Gasteiger partial charge is 0.478 e. The van der Waals surface area contributed by atoms with Crippen molar-refractivity contribution in [3.05, 3.63) is 40.5 Å². The van der Waals surface area contributed by atoms with Crippen molar-refractivity contribution in [2.45, 2.75) is 19.9 Å². The number of halogens is 1. The molecule has 0 unspecified atom stereocenters. The monoisotopic (exact) mass is 323 g/mol. The third-order valence-electron chi connectivity index (χ3n) is 2.61. The fourth-order valence-electron chi connectivity index (χ4n) is 1.61. The molecule has 2 N–H and O–H groups in total. The van der Waals surface area contributed by atoms with Gasteiger partial charge in [0.15, 0.2) is 5.82 Å². The molecule has 0 saturated heterocycles. The molecule has 0 aliphatic rings. The van der Waals surface area contributed by atoms with Crippen LogP contribution in [0.3, 0.4) is 0 Å². The van der Waals surface area contributed by atoms with Crippen molar-refractivity contribution in [1.82, 2.24) is 9.78 Å². The summed E-state index contributed by atoms with van der Waals surface area (Å²) in [4.78, 5) is 10.9. The van der Waals surface area contributed by atoms with E-state index < -0.39 is 5.97 Å². The van der Waals surface area contributed by atoms with Gasteiger partial charge in [0.2, 0.25) is 0 Å². The first-order chi connectivity index (χ1) is 8.97. The third-order valence-corrected chi connectivity index (χ3v) is 3.27. The standard InChI is InChI=1S/C13H14BrN3O2/c1-8(2)17-6-5-12(16-17)15-9-3-4-10(13(18)19)11(14)7-9/h3-8H,1-2H3,(H,15,16)(H,18,19). The van der Waals surface area contributed by atoms with Crippen LogP contribution in [0.2, 0.25) is 0 Å². The predicted molar refractivity (Wildman–Crippen MR) is 77.0 cm³/mol. The second-order valence-corrected chi connectivity index (χ2v) is 5.25. The number of rotatable bonds is 4. The van der Waals surface area contributed by atoms with Gasteiger partial charge in [0.1, 0.15) is 0 Å². The number of carbonyl (C=O) groups is 1. The summed E-state index contributed by atoms with van der Waals surface area (Å²) in [6.07, 6.45) is 1.90. The maximum absolute atomic E-state index is 10.9. The number of benzene rings is 1. The zero-order valence-corrected chi connectivity index (χ0v) is 12.2. The van der Waals surface area contributed by atoms with Gasteiger partial charge in [-0.15, -0.1) is 0 Å². The minimum Gasteiger partial charge on any atom is -0.478 e. The lowest BCUT2D eigenvalue weighted by molar-refractivity contribution is 0.0696. The minimum atomic E-state index is -0.956. The number of carboxylic acids is 1. The summed E-state index contributed by atoms with van der Waals surface area (Å²) in [5.41, 5.74) is 1.02. The van der Waals surface area contributed by atoms with Crippen molar-refractivity contribution in [3.63, 3.8) is 0 Å². The van der Waals surface area contributed by atoms with Gasteiger partial charge in [0, 0.05) is 28.5 Å². The lowest BCUT2D eigenvalue weighted by Crippen LogP contribution is -2.02. The number of anilines is 2. The van der Waals surface area contributed by atoms with E-state index in [1.807, 2.05) is 16.9 Å². The van der Waals surface area contributed by atoms with Crippen LogP contribution in [0.15, 0.2) is 34.9 Å². The summed E-state index contributed by atoms with van der Waals surface area (Å²) >= 11 is 3.24. The van der Waals surface area contributed by atoms with Gasteiger partial charge in [-0.1, -0.05) is 0 Å². The molecule has 1 aromatic carbocycles. The van der Waals surface area contributed by atoms with E-state index in [0.29, 0.717) is 10.5 Å². The number of aromatic carboxylic acids is 1. The molecule has 0 bridgehead atoms. The Hall–Kier alpha value is -1.82. The molecule has 1 heterocycles. The molecule has 2 aromatic rings. The first-order valence-electron chi connectivity index (χ1n) is 5.82. The highest BCUT2D eigenvalue weighted by atomic mass is 79.9. The van der Waals surface area contributed by atoms with Crippen LogP contribution in [-0.2, 0) is 0 Å². The minimum absolute atomic E-state index is 0.234. The number of carboxylic acid groups (broad SMARTS) is 1. The Kier molecular flexibility index (Phi) is 3.90. The van der Waals surface area contributed by atoms with Gasteiger partial charge in [-0.05, 0) is 48.0 Å². The molecular formula is C13H14BrN3O2. The smallest absolute Gasteiger partial charge is 0.336 e. The van der Waals surface area contributed by atoms with E-state index in [-0.39, 0.29) is 5.56 Å². The van der Waals surface area contributed by atoms with Crippen molar-refractivity contribution >= 4 is 33.4 Å². The zero-order valence-electron chi connectivity index (χ0n) is 10.6. The summed E-state index contributed by atoms with van der Waals surface area (Å²) in [5, 5.41) is 16.4. The molecule has 1 aromatic heterocycles. The highest BCUT2D eigenvalue weighted by molar-refractivity contribution is 9.10. The van der Waals surface area contributed by atoms with Crippen LogP contribution in [0.25, 0.3) is 0 Å². The Labute approximate surface area is 119 Å². The van der Waals surface area contributed by atoms with Gasteiger partial charge in [0.05, 0.1) is 5.56 Å². The number of hydrogen-bond donors (Lipinski definition) is 2.